The van der Waals surface area contributed by atoms with Gasteiger partial charge in [-0.25, -0.2) is 0 Å². The van der Waals surface area contributed by atoms with Gasteiger partial charge in [-0.15, -0.1) is 0 Å². The lowest BCUT2D eigenvalue weighted by Gasteiger charge is -2.24. The second-order valence-corrected chi connectivity index (χ2v) is 5.17. The van der Waals surface area contributed by atoms with Crippen molar-refractivity contribution in [2.45, 2.75) is 46.0 Å². The van der Waals surface area contributed by atoms with Gasteiger partial charge in [-0.3, -0.25) is 0 Å². The molecular formula is C15H22F3NO. The Morgan fingerprint density at radius 2 is 1.65 bits per heavy atom. The Balaban J connectivity index is 2.87. The second kappa shape index (κ2) is 6.59. The fraction of sp³-hybridized carbons (Fsp3) is 0.600. The van der Waals surface area contributed by atoms with Crippen LogP contribution in [0.4, 0.5) is 13.2 Å². The number of benzene rings is 1. The largest absolute Gasteiger partial charge is 0.414 e. The van der Waals surface area contributed by atoms with E-state index in [-0.39, 0.29) is 12.6 Å². The van der Waals surface area contributed by atoms with Gasteiger partial charge in [0.05, 0.1) is 12.6 Å². The molecule has 0 heterocycles. The number of hydrogen-bond acceptors (Lipinski definition) is 2. The van der Waals surface area contributed by atoms with E-state index in [0.29, 0.717) is 0 Å². The predicted molar refractivity (Wildman–Crippen MR) is 73.9 cm³/mol. The topological polar surface area (TPSA) is 21.3 Å². The Labute approximate surface area is 118 Å². The molecule has 0 aliphatic rings. The Morgan fingerprint density at radius 1 is 1.15 bits per heavy atom. The third kappa shape index (κ3) is 4.21. The molecule has 20 heavy (non-hydrogen) atoms. The molecule has 0 fully saturated rings. The molecule has 0 spiro atoms. The first kappa shape index (κ1) is 17.0. The molecule has 1 N–H and O–H groups in total. The van der Waals surface area contributed by atoms with Crippen LogP contribution in [0, 0.1) is 20.8 Å². The first-order chi connectivity index (χ1) is 9.16. The number of alkyl halides is 3. The molecule has 2 atom stereocenters. The van der Waals surface area contributed by atoms with Crippen LogP contribution in [0.25, 0.3) is 0 Å². The number of ether oxygens (including phenoxy) is 1. The van der Waals surface area contributed by atoms with E-state index in [1.807, 2.05) is 32.9 Å². The summed E-state index contributed by atoms with van der Waals surface area (Å²) in [6.07, 6.45) is -6.08. The minimum absolute atomic E-state index is 0.0120. The van der Waals surface area contributed by atoms with E-state index >= 15 is 0 Å². The smallest absolute Gasteiger partial charge is 0.367 e. The van der Waals surface area contributed by atoms with Crippen molar-refractivity contribution in [3.63, 3.8) is 0 Å². The van der Waals surface area contributed by atoms with Crippen LogP contribution < -0.4 is 5.32 Å². The van der Waals surface area contributed by atoms with Gasteiger partial charge in [0.2, 0.25) is 0 Å². The number of aryl methyl sites for hydroxylation is 3. The van der Waals surface area contributed by atoms with Crippen LogP contribution in [0.15, 0.2) is 12.1 Å². The zero-order chi connectivity index (χ0) is 15.5. The number of rotatable bonds is 5. The van der Waals surface area contributed by atoms with Gasteiger partial charge in [-0.1, -0.05) is 17.7 Å². The minimum Gasteiger partial charge on any atom is -0.367 e. The summed E-state index contributed by atoms with van der Waals surface area (Å²) in [5.74, 6) is 0. The summed E-state index contributed by atoms with van der Waals surface area (Å²) in [6.45, 7) is 6.95. The lowest BCUT2D eigenvalue weighted by molar-refractivity contribution is -0.215. The maximum absolute atomic E-state index is 12.5. The van der Waals surface area contributed by atoms with Gasteiger partial charge in [0, 0.05) is 0 Å². The monoisotopic (exact) mass is 289 g/mol. The highest BCUT2D eigenvalue weighted by Crippen LogP contribution is 2.27. The van der Waals surface area contributed by atoms with E-state index < -0.39 is 12.3 Å². The minimum atomic E-state index is -4.32. The number of hydrogen-bond donors (Lipinski definition) is 1. The van der Waals surface area contributed by atoms with Crippen molar-refractivity contribution in [3.8, 4) is 0 Å². The van der Waals surface area contributed by atoms with Crippen molar-refractivity contribution in [3.05, 3.63) is 34.4 Å². The summed E-state index contributed by atoms with van der Waals surface area (Å²) < 4.78 is 42.4. The van der Waals surface area contributed by atoms with E-state index in [0.717, 1.165) is 29.2 Å². The third-order valence-corrected chi connectivity index (χ3v) is 3.41. The molecular weight excluding hydrogens is 267 g/mol. The van der Waals surface area contributed by atoms with Gasteiger partial charge in [0.1, 0.15) is 0 Å². The summed E-state index contributed by atoms with van der Waals surface area (Å²) in [5, 5.41) is 3.03. The molecule has 0 aliphatic carbocycles. The number of nitrogens with one attached hydrogen (secondary N) is 1. The molecule has 0 saturated carbocycles. The molecule has 0 saturated heterocycles. The summed E-state index contributed by atoms with van der Waals surface area (Å²) in [7, 11) is 1.73. The lowest BCUT2D eigenvalue weighted by Crippen LogP contribution is -2.32. The van der Waals surface area contributed by atoms with E-state index in [2.05, 4.69) is 5.32 Å². The lowest BCUT2D eigenvalue weighted by atomic mass is 9.94. The fourth-order valence-electron chi connectivity index (χ4n) is 2.39. The van der Waals surface area contributed by atoms with Crippen LogP contribution in [0.1, 0.15) is 35.2 Å². The molecule has 5 heteroatoms. The Kier molecular flexibility index (Phi) is 5.59. The molecule has 0 aliphatic heterocycles. The molecule has 0 bridgehead atoms. The van der Waals surface area contributed by atoms with Crippen LogP contribution >= 0.6 is 0 Å². The van der Waals surface area contributed by atoms with E-state index in [9.17, 15) is 13.2 Å². The van der Waals surface area contributed by atoms with Crippen molar-refractivity contribution < 1.29 is 17.9 Å². The van der Waals surface area contributed by atoms with Gasteiger partial charge in [-0.2, -0.15) is 13.2 Å². The summed E-state index contributed by atoms with van der Waals surface area (Å²) in [6, 6.07) is 3.81. The van der Waals surface area contributed by atoms with Gasteiger partial charge in [0.15, 0.2) is 6.10 Å². The molecule has 2 unspecified atom stereocenters. The summed E-state index contributed by atoms with van der Waals surface area (Å²) >= 11 is 0. The van der Waals surface area contributed by atoms with Crippen molar-refractivity contribution in [1.29, 1.82) is 0 Å². The third-order valence-electron chi connectivity index (χ3n) is 3.41. The highest BCUT2D eigenvalue weighted by Gasteiger charge is 2.37. The van der Waals surface area contributed by atoms with E-state index in [1.165, 1.54) is 0 Å². The zero-order valence-corrected chi connectivity index (χ0v) is 12.6. The Bertz CT molecular complexity index is 434. The molecule has 1 rings (SSSR count). The molecule has 2 nitrogen and oxygen atoms in total. The SMILES string of the molecule is CNC(COC(C)C(F)(F)F)c1c(C)cc(C)cc1C. The van der Waals surface area contributed by atoms with Crippen LogP contribution in [0.2, 0.25) is 0 Å². The number of halogens is 3. The van der Waals surface area contributed by atoms with Crippen molar-refractivity contribution in [2.75, 3.05) is 13.7 Å². The second-order valence-electron chi connectivity index (χ2n) is 5.17. The molecule has 1 aromatic rings. The predicted octanol–water partition coefficient (Wildman–Crippen LogP) is 3.84. The Morgan fingerprint density at radius 3 is 2.05 bits per heavy atom. The van der Waals surface area contributed by atoms with Crippen molar-refractivity contribution in [1.82, 2.24) is 5.32 Å². The fourth-order valence-corrected chi connectivity index (χ4v) is 2.39. The highest BCUT2D eigenvalue weighted by atomic mass is 19.4. The van der Waals surface area contributed by atoms with Gasteiger partial charge >= 0.3 is 6.18 Å². The average molecular weight is 289 g/mol. The molecule has 1 aromatic carbocycles. The maximum atomic E-state index is 12.5. The van der Waals surface area contributed by atoms with E-state index in [1.54, 1.807) is 7.05 Å². The van der Waals surface area contributed by atoms with Gasteiger partial charge in [0.25, 0.3) is 0 Å². The summed E-state index contributed by atoms with van der Waals surface area (Å²) in [4.78, 5) is 0. The summed E-state index contributed by atoms with van der Waals surface area (Å²) in [5.41, 5.74) is 4.27. The van der Waals surface area contributed by atoms with Crippen LogP contribution in [-0.4, -0.2) is 25.9 Å². The van der Waals surface area contributed by atoms with Crippen LogP contribution in [0.5, 0.6) is 0 Å². The average Bonchev–Trinajstić information content (AvgIpc) is 2.30. The number of likely N-dealkylation sites (N-methyl/N-ethyl adjacent to an activating group) is 1. The molecule has 0 aromatic heterocycles. The first-order valence-electron chi connectivity index (χ1n) is 6.60. The van der Waals surface area contributed by atoms with Crippen LogP contribution in [-0.2, 0) is 4.74 Å². The van der Waals surface area contributed by atoms with E-state index in [4.69, 9.17) is 4.74 Å². The molecule has 114 valence electrons. The van der Waals surface area contributed by atoms with Gasteiger partial charge < -0.3 is 10.1 Å². The standard InChI is InChI=1S/C15H22F3NO/c1-9-6-10(2)14(11(3)7-9)13(19-5)8-20-12(4)15(16,17)18/h6-7,12-13,19H,8H2,1-5H3. The molecule has 0 amide bonds. The Hall–Kier alpha value is -1.07. The zero-order valence-electron chi connectivity index (χ0n) is 12.6. The quantitative estimate of drug-likeness (QED) is 0.889. The molecule has 0 radical (unpaired) electrons. The first-order valence-corrected chi connectivity index (χ1v) is 6.60. The van der Waals surface area contributed by atoms with Crippen LogP contribution in [0.3, 0.4) is 0 Å². The normalized spacial score (nSPS) is 15.2. The van der Waals surface area contributed by atoms with Gasteiger partial charge in [-0.05, 0) is 51.4 Å². The van der Waals surface area contributed by atoms with Crippen molar-refractivity contribution in [2.24, 2.45) is 0 Å². The van der Waals surface area contributed by atoms with Crippen molar-refractivity contribution >= 4 is 0 Å². The highest BCUT2D eigenvalue weighted by molar-refractivity contribution is 5.39. The maximum Gasteiger partial charge on any atom is 0.414 e.